The fourth-order valence-electron chi connectivity index (χ4n) is 4.40. The molecule has 2 amide bonds. The summed E-state index contributed by atoms with van der Waals surface area (Å²) in [6, 6.07) is 20.0. The Morgan fingerprint density at radius 3 is 2.15 bits per heavy atom. The molecule has 3 aromatic carbocycles. The van der Waals surface area contributed by atoms with Crippen molar-refractivity contribution in [3.63, 3.8) is 0 Å². The van der Waals surface area contributed by atoms with Gasteiger partial charge in [-0.1, -0.05) is 73.5 Å². The predicted octanol–water partition coefficient (Wildman–Crippen LogP) is 5.35. The van der Waals surface area contributed by atoms with Gasteiger partial charge in [0.05, 0.1) is 10.6 Å². The van der Waals surface area contributed by atoms with Gasteiger partial charge in [0, 0.05) is 18.1 Å². The summed E-state index contributed by atoms with van der Waals surface area (Å²) < 4.78 is 29.2. The summed E-state index contributed by atoms with van der Waals surface area (Å²) in [7, 11) is -4.11. The molecule has 1 N–H and O–H groups in total. The van der Waals surface area contributed by atoms with E-state index in [9.17, 15) is 18.0 Å². The van der Waals surface area contributed by atoms with Crippen LogP contribution in [0.4, 0.5) is 5.69 Å². The summed E-state index contributed by atoms with van der Waals surface area (Å²) in [5, 5.41) is 3.36. The van der Waals surface area contributed by atoms with Crippen LogP contribution in [0.1, 0.15) is 43.9 Å². The molecule has 0 heterocycles. The number of amides is 2. The molecule has 0 fully saturated rings. The highest BCUT2D eigenvalue weighted by Crippen LogP contribution is 2.28. The number of nitrogens with one attached hydrogen (secondary N) is 1. The van der Waals surface area contributed by atoms with Crippen LogP contribution in [0.25, 0.3) is 0 Å². The van der Waals surface area contributed by atoms with Gasteiger partial charge in [-0.15, -0.1) is 0 Å². The smallest absolute Gasteiger partial charge is 0.264 e. The summed E-state index contributed by atoms with van der Waals surface area (Å²) in [5.41, 5.74) is 2.93. The fourth-order valence-corrected chi connectivity index (χ4v) is 5.98. The summed E-state index contributed by atoms with van der Waals surface area (Å²) in [6.45, 7) is 7.53. The molecule has 3 aromatic rings. The van der Waals surface area contributed by atoms with Crippen LogP contribution in [0.3, 0.4) is 0 Å². The number of aryl methyl sites for hydroxylation is 2. The molecular weight excluding hydrogens is 534 g/mol. The van der Waals surface area contributed by atoms with Crippen LogP contribution < -0.4 is 9.62 Å². The van der Waals surface area contributed by atoms with Crippen molar-refractivity contribution in [2.24, 2.45) is 0 Å². The topological polar surface area (TPSA) is 86.8 Å². The molecule has 0 saturated carbocycles. The zero-order chi connectivity index (χ0) is 28.6. The zero-order valence-electron chi connectivity index (χ0n) is 22.9. The molecule has 3 rings (SSSR count). The van der Waals surface area contributed by atoms with Gasteiger partial charge < -0.3 is 10.2 Å². The Morgan fingerprint density at radius 1 is 0.923 bits per heavy atom. The SMILES string of the molecule is CCNC(=O)C(CC)N(Cc1ccc(Cl)cc1)C(=O)CN(c1ccccc1CC)S(=O)(=O)c1ccc(C)cc1. The third-order valence-electron chi connectivity index (χ3n) is 6.53. The Morgan fingerprint density at radius 2 is 1.56 bits per heavy atom. The molecular formula is C30H36ClN3O4S. The lowest BCUT2D eigenvalue weighted by molar-refractivity contribution is -0.140. The summed E-state index contributed by atoms with van der Waals surface area (Å²) in [6.07, 6.45) is 0.941. The first-order valence-electron chi connectivity index (χ1n) is 13.1. The first kappa shape index (κ1) is 30.2. The normalized spacial score (nSPS) is 12.0. The average Bonchev–Trinajstić information content (AvgIpc) is 2.93. The Kier molecular flexibility index (Phi) is 10.5. The van der Waals surface area contributed by atoms with Crippen molar-refractivity contribution in [3.05, 3.63) is 94.5 Å². The van der Waals surface area contributed by atoms with Gasteiger partial charge >= 0.3 is 0 Å². The van der Waals surface area contributed by atoms with Crippen molar-refractivity contribution in [1.29, 1.82) is 0 Å². The summed E-state index contributed by atoms with van der Waals surface area (Å²) >= 11 is 6.06. The van der Waals surface area contributed by atoms with Crippen molar-refractivity contribution >= 4 is 39.1 Å². The van der Waals surface area contributed by atoms with E-state index in [4.69, 9.17) is 11.6 Å². The third-order valence-corrected chi connectivity index (χ3v) is 8.56. The summed E-state index contributed by atoms with van der Waals surface area (Å²) in [4.78, 5) is 28.6. The number of carbonyl (C=O) groups excluding carboxylic acids is 2. The first-order valence-corrected chi connectivity index (χ1v) is 14.9. The fraction of sp³-hybridized carbons (Fsp3) is 0.333. The minimum atomic E-state index is -4.11. The number of halogens is 1. The Bertz CT molecular complexity index is 1380. The van der Waals surface area contributed by atoms with Gasteiger partial charge in [0.2, 0.25) is 11.8 Å². The first-order chi connectivity index (χ1) is 18.6. The van der Waals surface area contributed by atoms with Crippen molar-refractivity contribution in [2.75, 3.05) is 17.4 Å². The van der Waals surface area contributed by atoms with E-state index in [-0.39, 0.29) is 17.3 Å². The molecule has 0 aliphatic heterocycles. The molecule has 208 valence electrons. The van der Waals surface area contributed by atoms with Gasteiger partial charge in [0.1, 0.15) is 12.6 Å². The highest BCUT2D eigenvalue weighted by molar-refractivity contribution is 7.92. The van der Waals surface area contributed by atoms with Crippen LogP contribution in [0.15, 0.2) is 77.7 Å². The second-order valence-electron chi connectivity index (χ2n) is 9.27. The second-order valence-corrected chi connectivity index (χ2v) is 11.6. The molecule has 0 aromatic heterocycles. The van der Waals surface area contributed by atoms with Crippen LogP contribution >= 0.6 is 11.6 Å². The Balaban J connectivity index is 2.09. The minimum absolute atomic E-state index is 0.0897. The van der Waals surface area contributed by atoms with E-state index in [1.54, 1.807) is 60.7 Å². The number of nitrogens with zero attached hydrogens (tertiary/aromatic N) is 2. The molecule has 7 nitrogen and oxygen atoms in total. The number of sulfonamides is 1. The van der Waals surface area contributed by atoms with Gasteiger partial charge in [0.25, 0.3) is 10.0 Å². The monoisotopic (exact) mass is 569 g/mol. The van der Waals surface area contributed by atoms with E-state index in [0.29, 0.717) is 30.1 Å². The maximum atomic E-state index is 14.1. The quantitative estimate of drug-likeness (QED) is 0.318. The van der Waals surface area contributed by atoms with E-state index >= 15 is 0 Å². The van der Waals surface area contributed by atoms with Crippen molar-refractivity contribution in [3.8, 4) is 0 Å². The number of benzene rings is 3. The molecule has 1 atom stereocenters. The lowest BCUT2D eigenvalue weighted by Gasteiger charge is -2.33. The van der Waals surface area contributed by atoms with Crippen LogP contribution in [-0.4, -0.2) is 44.3 Å². The van der Waals surface area contributed by atoms with Crippen LogP contribution in [0.5, 0.6) is 0 Å². The molecule has 0 aliphatic rings. The molecule has 0 spiro atoms. The van der Waals surface area contributed by atoms with Gasteiger partial charge in [-0.2, -0.15) is 0 Å². The number of likely N-dealkylation sites (N-methyl/N-ethyl adjacent to an activating group) is 1. The largest absolute Gasteiger partial charge is 0.355 e. The van der Waals surface area contributed by atoms with E-state index in [2.05, 4.69) is 5.32 Å². The molecule has 0 saturated heterocycles. The van der Waals surface area contributed by atoms with Gasteiger partial charge in [-0.3, -0.25) is 13.9 Å². The molecule has 9 heteroatoms. The van der Waals surface area contributed by atoms with E-state index in [1.165, 1.54) is 4.90 Å². The predicted molar refractivity (Wildman–Crippen MR) is 156 cm³/mol. The van der Waals surface area contributed by atoms with Gasteiger partial charge in [-0.25, -0.2) is 8.42 Å². The number of hydrogen-bond donors (Lipinski definition) is 1. The van der Waals surface area contributed by atoms with Crippen molar-refractivity contribution in [1.82, 2.24) is 10.2 Å². The molecule has 0 radical (unpaired) electrons. The average molecular weight is 570 g/mol. The summed E-state index contributed by atoms with van der Waals surface area (Å²) in [5.74, 6) is -0.770. The van der Waals surface area contributed by atoms with Crippen molar-refractivity contribution < 1.29 is 18.0 Å². The number of anilines is 1. The number of hydrogen-bond acceptors (Lipinski definition) is 4. The lowest BCUT2D eigenvalue weighted by Crippen LogP contribution is -2.52. The number of carbonyl (C=O) groups is 2. The second kappa shape index (κ2) is 13.6. The number of rotatable bonds is 12. The molecule has 0 aliphatic carbocycles. The highest BCUT2D eigenvalue weighted by atomic mass is 35.5. The van der Waals surface area contributed by atoms with Gasteiger partial charge in [0.15, 0.2) is 0 Å². The standard InChI is InChI=1S/C30H36ClN3O4S/c1-5-24-10-8-9-11-28(24)34(39(37,38)26-18-12-22(4)13-19-26)21-29(35)33(27(6-2)30(36)32-7-3)20-23-14-16-25(31)17-15-23/h8-19,27H,5-7,20-21H2,1-4H3,(H,32,36). The van der Waals surface area contributed by atoms with Gasteiger partial charge in [-0.05, 0) is 68.1 Å². The maximum Gasteiger partial charge on any atom is 0.264 e. The molecule has 0 bridgehead atoms. The van der Waals surface area contributed by atoms with Crippen LogP contribution in [0.2, 0.25) is 5.02 Å². The third kappa shape index (κ3) is 7.40. The van der Waals surface area contributed by atoms with E-state index < -0.39 is 28.5 Å². The lowest BCUT2D eigenvalue weighted by atomic mass is 10.1. The number of para-hydroxylation sites is 1. The van der Waals surface area contributed by atoms with E-state index in [1.807, 2.05) is 39.8 Å². The maximum absolute atomic E-state index is 14.1. The highest BCUT2D eigenvalue weighted by Gasteiger charge is 2.34. The van der Waals surface area contributed by atoms with Crippen LogP contribution in [-0.2, 0) is 32.6 Å². The molecule has 39 heavy (non-hydrogen) atoms. The Labute approximate surface area is 236 Å². The zero-order valence-corrected chi connectivity index (χ0v) is 24.4. The van der Waals surface area contributed by atoms with Crippen LogP contribution in [0, 0.1) is 6.92 Å². The molecule has 1 unspecified atom stereocenters. The Hall–Kier alpha value is -3.36. The van der Waals surface area contributed by atoms with Crippen molar-refractivity contribution in [2.45, 2.75) is 58.0 Å². The van der Waals surface area contributed by atoms with E-state index in [0.717, 1.165) is 21.0 Å². The minimum Gasteiger partial charge on any atom is -0.355 e.